The first-order valence-electron chi connectivity index (χ1n) is 6.45. The number of halogens is 1. The molecule has 0 aromatic heterocycles. The van der Waals surface area contributed by atoms with Crippen LogP contribution in [-0.2, 0) is 0 Å². The van der Waals surface area contributed by atoms with E-state index in [1.54, 1.807) is 0 Å². The molecule has 0 aliphatic carbocycles. The van der Waals surface area contributed by atoms with Gasteiger partial charge >= 0.3 is 0 Å². The zero-order valence-electron chi connectivity index (χ0n) is 10.9. The lowest BCUT2D eigenvalue weighted by atomic mass is 9.96. The van der Waals surface area contributed by atoms with Crippen LogP contribution in [0.1, 0.15) is 0 Å². The second kappa shape index (κ2) is 5.51. The van der Waals surface area contributed by atoms with Gasteiger partial charge in [0.2, 0.25) is 0 Å². The van der Waals surface area contributed by atoms with E-state index in [0.717, 1.165) is 32.4 Å². The van der Waals surface area contributed by atoms with Gasteiger partial charge in [-0.2, -0.15) is 0 Å². The molecule has 3 rings (SSSR count). The number of nitrogen functional groups attached to an aromatic ring is 1. The zero-order valence-corrected chi connectivity index (χ0v) is 12.5. The van der Waals surface area contributed by atoms with Crippen LogP contribution >= 0.6 is 15.9 Å². The van der Waals surface area contributed by atoms with Crippen LogP contribution in [0.4, 0.5) is 5.69 Å². The van der Waals surface area contributed by atoms with Crippen molar-refractivity contribution in [1.82, 2.24) is 0 Å². The lowest BCUT2D eigenvalue weighted by molar-refractivity contribution is 1.56. The summed E-state index contributed by atoms with van der Waals surface area (Å²) in [6.07, 6.45) is 0. The molecule has 1 nitrogen and oxygen atoms in total. The highest BCUT2D eigenvalue weighted by Gasteiger charge is 2.10. The van der Waals surface area contributed by atoms with E-state index in [1.165, 1.54) is 0 Å². The third-order valence-corrected chi connectivity index (χ3v) is 3.77. The summed E-state index contributed by atoms with van der Waals surface area (Å²) in [6, 6.07) is 24.6. The van der Waals surface area contributed by atoms with Crippen LogP contribution in [0.3, 0.4) is 0 Å². The van der Waals surface area contributed by atoms with Crippen molar-refractivity contribution >= 4 is 21.6 Å². The monoisotopic (exact) mass is 323 g/mol. The lowest BCUT2D eigenvalue weighted by Crippen LogP contribution is -1.94. The number of hydrogen-bond donors (Lipinski definition) is 1. The van der Waals surface area contributed by atoms with Gasteiger partial charge in [0.25, 0.3) is 0 Å². The van der Waals surface area contributed by atoms with Gasteiger partial charge < -0.3 is 5.73 Å². The number of rotatable bonds is 2. The quantitative estimate of drug-likeness (QED) is 0.631. The third-order valence-electron chi connectivity index (χ3n) is 3.31. The summed E-state index contributed by atoms with van der Waals surface area (Å²) in [6.45, 7) is 0. The number of hydrogen-bond acceptors (Lipinski definition) is 1. The molecule has 0 atom stereocenters. The molecule has 0 unspecified atom stereocenters. The first kappa shape index (κ1) is 12.9. The minimum Gasteiger partial charge on any atom is -0.398 e. The van der Waals surface area contributed by atoms with E-state index < -0.39 is 0 Å². The van der Waals surface area contributed by atoms with E-state index in [-0.39, 0.29) is 0 Å². The first-order chi connectivity index (χ1) is 9.75. The van der Waals surface area contributed by atoms with Gasteiger partial charge in [0.15, 0.2) is 0 Å². The first-order valence-corrected chi connectivity index (χ1v) is 7.25. The molecule has 0 fully saturated rings. The van der Waals surface area contributed by atoms with Gasteiger partial charge in [-0.05, 0) is 23.3 Å². The van der Waals surface area contributed by atoms with Crippen LogP contribution in [0.15, 0.2) is 77.3 Å². The van der Waals surface area contributed by atoms with Gasteiger partial charge in [-0.25, -0.2) is 0 Å². The summed E-state index contributed by atoms with van der Waals surface area (Å²) in [4.78, 5) is 0. The predicted octanol–water partition coefficient (Wildman–Crippen LogP) is 5.37. The summed E-state index contributed by atoms with van der Waals surface area (Å²) < 4.78 is 1.03. The molecule has 0 aliphatic heterocycles. The Labute approximate surface area is 127 Å². The van der Waals surface area contributed by atoms with Crippen LogP contribution in [0.25, 0.3) is 22.3 Å². The molecule has 0 saturated carbocycles. The normalized spacial score (nSPS) is 10.4. The minimum atomic E-state index is 0.811. The summed E-state index contributed by atoms with van der Waals surface area (Å²) in [5.74, 6) is 0. The summed E-state index contributed by atoms with van der Waals surface area (Å²) in [5, 5.41) is 0. The van der Waals surface area contributed by atoms with Crippen molar-refractivity contribution in [3.63, 3.8) is 0 Å². The Bertz CT molecular complexity index is 660. The Kier molecular flexibility index (Phi) is 3.57. The van der Waals surface area contributed by atoms with E-state index in [1.807, 2.05) is 36.4 Å². The molecule has 3 aromatic rings. The lowest BCUT2D eigenvalue weighted by Gasteiger charge is -2.13. The van der Waals surface area contributed by atoms with Gasteiger partial charge in [0.1, 0.15) is 0 Å². The number of nitrogens with two attached hydrogens (primary N) is 1. The Morgan fingerprint density at radius 3 is 1.45 bits per heavy atom. The molecular weight excluding hydrogens is 310 g/mol. The standard InChI is InChI=1S/C18H14BrN/c19-15-11-16(13-7-3-1-4-8-13)18(20)17(12-15)14-9-5-2-6-10-14/h1-12H,20H2. The molecule has 0 saturated heterocycles. The molecule has 0 amide bonds. The largest absolute Gasteiger partial charge is 0.398 e. The van der Waals surface area contributed by atoms with Crippen LogP contribution < -0.4 is 5.73 Å². The maximum absolute atomic E-state index is 6.40. The maximum Gasteiger partial charge on any atom is 0.0474 e. The minimum absolute atomic E-state index is 0.811. The van der Waals surface area contributed by atoms with Crippen LogP contribution in [0.2, 0.25) is 0 Å². The van der Waals surface area contributed by atoms with E-state index in [4.69, 9.17) is 5.73 Å². The van der Waals surface area contributed by atoms with E-state index in [2.05, 4.69) is 52.3 Å². The molecule has 20 heavy (non-hydrogen) atoms. The van der Waals surface area contributed by atoms with Gasteiger partial charge in [-0.15, -0.1) is 0 Å². The zero-order chi connectivity index (χ0) is 13.9. The number of anilines is 1. The molecule has 2 heteroatoms. The average Bonchev–Trinajstić information content (AvgIpc) is 2.51. The van der Waals surface area contributed by atoms with Crippen molar-refractivity contribution in [1.29, 1.82) is 0 Å². The van der Waals surface area contributed by atoms with Crippen molar-refractivity contribution in [3.8, 4) is 22.3 Å². The summed E-state index contributed by atoms with van der Waals surface area (Å²) >= 11 is 3.59. The molecule has 3 aromatic carbocycles. The Morgan fingerprint density at radius 2 is 1.05 bits per heavy atom. The Morgan fingerprint density at radius 1 is 0.650 bits per heavy atom. The maximum atomic E-state index is 6.40. The molecule has 0 radical (unpaired) electrons. The second-order valence-corrected chi connectivity index (χ2v) is 5.56. The van der Waals surface area contributed by atoms with E-state index in [0.29, 0.717) is 0 Å². The highest BCUT2D eigenvalue weighted by atomic mass is 79.9. The number of benzene rings is 3. The molecule has 2 N–H and O–H groups in total. The molecule has 0 spiro atoms. The van der Waals surface area contributed by atoms with Gasteiger partial charge in [-0.3, -0.25) is 0 Å². The van der Waals surface area contributed by atoms with Gasteiger partial charge in [0, 0.05) is 21.3 Å². The van der Waals surface area contributed by atoms with Crippen molar-refractivity contribution in [3.05, 3.63) is 77.3 Å². The second-order valence-electron chi connectivity index (χ2n) is 4.65. The molecule has 0 bridgehead atoms. The fourth-order valence-corrected chi connectivity index (χ4v) is 2.79. The smallest absolute Gasteiger partial charge is 0.0474 e. The summed E-state index contributed by atoms with van der Waals surface area (Å²) in [5.41, 5.74) is 11.6. The SMILES string of the molecule is Nc1c(-c2ccccc2)cc(Br)cc1-c1ccccc1. The molecule has 0 aliphatic rings. The Balaban J connectivity index is 2.22. The van der Waals surface area contributed by atoms with E-state index >= 15 is 0 Å². The fourth-order valence-electron chi connectivity index (χ4n) is 2.33. The van der Waals surface area contributed by atoms with Gasteiger partial charge in [0.05, 0.1) is 0 Å². The van der Waals surface area contributed by atoms with Crippen molar-refractivity contribution in [2.24, 2.45) is 0 Å². The molecule has 0 heterocycles. The highest BCUT2D eigenvalue weighted by Crippen LogP contribution is 2.37. The van der Waals surface area contributed by atoms with Crippen molar-refractivity contribution in [2.45, 2.75) is 0 Å². The molecule has 98 valence electrons. The van der Waals surface area contributed by atoms with Crippen LogP contribution in [0.5, 0.6) is 0 Å². The molecular formula is C18H14BrN. The third kappa shape index (κ3) is 2.47. The fraction of sp³-hybridized carbons (Fsp3) is 0. The van der Waals surface area contributed by atoms with Crippen molar-refractivity contribution < 1.29 is 0 Å². The van der Waals surface area contributed by atoms with Gasteiger partial charge in [-0.1, -0.05) is 76.6 Å². The summed E-state index contributed by atoms with van der Waals surface area (Å²) in [7, 11) is 0. The van der Waals surface area contributed by atoms with E-state index in [9.17, 15) is 0 Å². The Hall–Kier alpha value is -2.06. The highest BCUT2D eigenvalue weighted by molar-refractivity contribution is 9.10. The predicted molar refractivity (Wildman–Crippen MR) is 89.4 cm³/mol. The average molecular weight is 324 g/mol. The topological polar surface area (TPSA) is 26.0 Å². The van der Waals surface area contributed by atoms with Crippen molar-refractivity contribution in [2.75, 3.05) is 5.73 Å². The van der Waals surface area contributed by atoms with Crippen LogP contribution in [0, 0.1) is 0 Å². The van der Waals surface area contributed by atoms with Crippen LogP contribution in [-0.4, -0.2) is 0 Å².